The van der Waals surface area contributed by atoms with E-state index >= 15 is 0 Å². The average molecular weight is 554 g/mol. The molecule has 30 heavy (non-hydrogen) atoms. The highest BCUT2D eigenvalue weighted by Crippen LogP contribution is 2.32. The van der Waals surface area contributed by atoms with E-state index in [1.54, 1.807) is 12.1 Å². The van der Waals surface area contributed by atoms with Gasteiger partial charge in [0.2, 0.25) is 0 Å². The first-order valence-corrected chi connectivity index (χ1v) is 11.1. The van der Waals surface area contributed by atoms with Gasteiger partial charge in [0.05, 0.1) is 25.8 Å². The third-order valence-electron chi connectivity index (χ3n) is 5.51. The van der Waals surface area contributed by atoms with Crippen LogP contribution in [0.1, 0.15) is 31.4 Å². The number of morpholine rings is 1. The zero-order chi connectivity index (χ0) is 20.5. The van der Waals surface area contributed by atoms with E-state index in [1.165, 1.54) is 6.07 Å². The van der Waals surface area contributed by atoms with Crippen LogP contribution in [0.3, 0.4) is 0 Å². The van der Waals surface area contributed by atoms with Gasteiger partial charge in [0.1, 0.15) is 5.82 Å². The molecule has 2 saturated heterocycles. The second-order valence-electron chi connectivity index (χ2n) is 7.49. The van der Waals surface area contributed by atoms with E-state index in [4.69, 9.17) is 21.3 Å². The molecule has 170 valence electrons. The van der Waals surface area contributed by atoms with Crippen LogP contribution < -0.4 is 10.6 Å². The first-order valence-electron chi connectivity index (χ1n) is 10.7. The van der Waals surface area contributed by atoms with E-state index in [0.717, 1.165) is 77.8 Å². The van der Waals surface area contributed by atoms with Crippen molar-refractivity contribution in [3.63, 3.8) is 0 Å². The van der Waals surface area contributed by atoms with Gasteiger partial charge in [0, 0.05) is 43.3 Å². The Morgan fingerprint density at radius 2 is 1.93 bits per heavy atom. The molecule has 1 atom stereocenters. The van der Waals surface area contributed by atoms with E-state index in [1.807, 2.05) is 6.92 Å². The number of rotatable bonds is 8. The van der Waals surface area contributed by atoms with Gasteiger partial charge in [-0.15, -0.1) is 24.0 Å². The number of hydrogen-bond donors (Lipinski definition) is 2. The van der Waals surface area contributed by atoms with E-state index in [2.05, 4.69) is 20.4 Å². The minimum absolute atomic E-state index is 0. The third-order valence-corrected chi connectivity index (χ3v) is 5.83. The van der Waals surface area contributed by atoms with Crippen molar-refractivity contribution in [2.24, 2.45) is 4.99 Å². The number of benzene rings is 1. The Hall–Kier alpha value is -0.680. The Kier molecular flexibility index (Phi) is 11.7. The van der Waals surface area contributed by atoms with Gasteiger partial charge < -0.3 is 15.4 Å². The average Bonchev–Trinajstić information content (AvgIpc) is 3.25. The van der Waals surface area contributed by atoms with Crippen molar-refractivity contribution >= 4 is 41.5 Å². The Balaban J connectivity index is 0.00000320. The molecule has 1 aromatic carbocycles. The van der Waals surface area contributed by atoms with Gasteiger partial charge in [-0.3, -0.25) is 14.8 Å². The predicted octanol–water partition coefficient (Wildman–Crippen LogP) is 3.12. The van der Waals surface area contributed by atoms with E-state index in [0.29, 0.717) is 17.1 Å². The molecule has 3 rings (SSSR count). The summed E-state index contributed by atoms with van der Waals surface area (Å²) < 4.78 is 20.0. The Bertz CT molecular complexity index is 649. The topological polar surface area (TPSA) is 52.1 Å². The number of likely N-dealkylation sites (tertiary alicyclic amines) is 1. The largest absolute Gasteiger partial charge is 0.379 e. The molecule has 2 aliphatic rings. The van der Waals surface area contributed by atoms with Crippen molar-refractivity contribution in [1.29, 1.82) is 0 Å². The Morgan fingerprint density at radius 1 is 1.20 bits per heavy atom. The van der Waals surface area contributed by atoms with Crippen LogP contribution in [0.15, 0.2) is 23.2 Å². The van der Waals surface area contributed by atoms with Crippen LogP contribution in [0.2, 0.25) is 5.02 Å². The monoisotopic (exact) mass is 553 g/mol. The second-order valence-corrected chi connectivity index (χ2v) is 7.90. The summed E-state index contributed by atoms with van der Waals surface area (Å²) in [5.41, 5.74) is 0.559. The standard InChI is InChI=1S/C21H33ClFN5O.HI/c1-2-24-21(25-8-11-27-12-14-29-15-13-27)26-16-19(28-9-3-4-10-28)20-17(22)6-5-7-18(20)23;/h5-7,19H,2-4,8-16H2,1H3,(H2,24,25,26);1H. The van der Waals surface area contributed by atoms with Gasteiger partial charge in [0.15, 0.2) is 5.96 Å². The Morgan fingerprint density at radius 3 is 2.60 bits per heavy atom. The fraction of sp³-hybridized carbons (Fsp3) is 0.667. The molecular weight excluding hydrogens is 520 g/mol. The summed E-state index contributed by atoms with van der Waals surface area (Å²) in [5.74, 6) is 0.507. The van der Waals surface area contributed by atoms with Crippen LogP contribution >= 0.6 is 35.6 Å². The summed E-state index contributed by atoms with van der Waals surface area (Å²) in [6, 6.07) is 4.75. The third kappa shape index (κ3) is 7.47. The maximum absolute atomic E-state index is 14.6. The molecule has 0 aliphatic carbocycles. The molecule has 2 fully saturated rings. The van der Waals surface area contributed by atoms with Gasteiger partial charge >= 0.3 is 0 Å². The van der Waals surface area contributed by atoms with Crippen molar-refractivity contribution in [3.05, 3.63) is 34.6 Å². The summed E-state index contributed by atoms with van der Waals surface area (Å²) in [7, 11) is 0. The van der Waals surface area contributed by atoms with Gasteiger partial charge in [-0.05, 0) is 45.0 Å². The number of aliphatic imine (C=N–C) groups is 1. The maximum Gasteiger partial charge on any atom is 0.191 e. The second kappa shape index (κ2) is 13.7. The fourth-order valence-electron chi connectivity index (χ4n) is 3.95. The number of guanidine groups is 1. The fourth-order valence-corrected chi connectivity index (χ4v) is 4.24. The highest BCUT2D eigenvalue weighted by atomic mass is 127. The van der Waals surface area contributed by atoms with Crippen molar-refractivity contribution < 1.29 is 9.13 Å². The quantitative estimate of drug-likeness (QED) is 0.294. The van der Waals surface area contributed by atoms with Gasteiger partial charge in [-0.25, -0.2) is 4.39 Å². The number of nitrogens with one attached hydrogen (secondary N) is 2. The molecule has 6 nitrogen and oxygen atoms in total. The van der Waals surface area contributed by atoms with E-state index < -0.39 is 0 Å². The van der Waals surface area contributed by atoms with E-state index in [9.17, 15) is 4.39 Å². The minimum Gasteiger partial charge on any atom is -0.379 e. The minimum atomic E-state index is -0.255. The lowest BCUT2D eigenvalue weighted by Gasteiger charge is -2.28. The molecule has 0 aromatic heterocycles. The number of hydrogen-bond acceptors (Lipinski definition) is 4. The zero-order valence-corrected chi connectivity index (χ0v) is 20.8. The lowest BCUT2D eigenvalue weighted by molar-refractivity contribution is 0.0389. The molecule has 0 amide bonds. The van der Waals surface area contributed by atoms with Crippen LogP contribution in [0.25, 0.3) is 0 Å². The van der Waals surface area contributed by atoms with Gasteiger partial charge in [0.25, 0.3) is 0 Å². The molecule has 9 heteroatoms. The summed E-state index contributed by atoms with van der Waals surface area (Å²) >= 11 is 6.39. The van der Waals surface area contributed by atoms with E-state index in [-0.39, 0.29) is 35.8 Å². The number of ether oxygens (including phenoxy) is 1. The molecule has 0 saturated carbocycles. The van der Waals surface area contributed by atoms with Crippen LogP contribution in [0.5, 0.6) is 0 Å². The maximum atomic E-state index is 14.6. The smallest absolute Gasteiger partial charge is 0.191 e. The van der Waals surface area contributed by atoms with Crippen molar-refractivity contribution in [3.8, 4) is 0 Å². The summed E-state index contributed by atoms with van der Waals surface area (Å²) in [5, 5.41) is 7.18. The SMILES string of the molecule is CCNC(=NCC(c1c(F)cccc1Cl)N1CCCC1)NCCN1CCOCC1.I. The van der Waals surface area contributed by atoms with Crippen molar-refractivity contribution in [2.75, 3.05) is 65.6 Å². The molecular formula is C21H34ClFIN5O. The molecule has 1 aromatic rings. The summed E-state index contributed by atoms with van der Waals surface area (Å²) in [6.07, 6.45) is 2.26. The van der Waals surface area contributed by atoms with Gasteiger partial charge in [-0.2, -0.15) is 0 Å². The molecule has 2 aliphatic heterocycles. The highest BCUT2D eigenvalue weighted by molar-refractivity contribution is 14.0. The van der Waals surface area contributed by atoms with Crippen LogP contribution in [0, 0.1) is 5.82 Å². The molecule has 2 N–H and O–H groups in total. The highest BCUT2D eigenvalue weighted by Gasteiger charge is 2.27. The lowest BCUT2D eigenvalue weighted by atomic mass is 10.0. The van der Waals surface area contributed by atoms with Crippen molar-refractivity contribution in [1.82, 2.24) is 20.4 Å². The van der Waals surface area contributed by atoms with Crippen molar-refractivity contribution in [2.45, 2.75) is 25.8 Å². The molecule has 0 bridgehead atoms. The Labute approximate surface area is 201 Å². The molecule has 2 heterocycles. The number of nitrogens with zero attached hydrogens (tertiary/aromatic N) is 3. The van der Waals surface area contributed by atoms with Crippen LogP contribution in [-0.4, -0.2) is 81.3 Å². The van der Waals surface area contributed by atoms with Crippen LogP contribution in [-0.2, 0) is 4.74 Å². The summed E-state index contributed by atoms with van der Waals surface area (Å²) in [4.78, 5) is 9.46. The lowest BCUT2D eigenvalue weighted by Crippen LogP contribution is -2.44. The van der Waals surface area contributed by atoms with Gasteiger partial charge in [-0.1, -0.05) is 17.7 Å². The molecule has 1 unspecified atom stereocenters. The van der Waals surface area contributed by atoms with Crippen LogP contribution in [0.4, 0.5) is 4.39 Å². The first-order chi connectivity index (χ1) is 14.2. The predicted molar refractivity (Wildman–Crippen MR) is 132 cm³/mol. The number of halogens is 3. The zero-order valence-electron chi connectivity index (χ0n) is 17.7. The summed E-state index contributed by atoms with van der Waals surface area (Å²) in [6.45, 7) is 10.5. The molecule has 0 radical (unpaired) electrons. The normalized spacial score (nSPS) is 19.4. The first kappa shape index (κ1) is 25.6. The molecule has 0 spiro atoms.